The number of alkyl halides is 6. The first-order chi connectivity index (χ1) is 14.6. The van der Waals surface area contributed by atoms with Gasteiger partial charge in [0.05, 0.1) is 12.1 Å². The van der Waals surface area contributed by atoms with E-state index in [1.165, 1.54) is 19.2 Å². The Morgan fingerprint density at radius 1 is 1.25 bits per heavy atom. The Kier molecular flexibility index (Phi) is 7.49. The summed E-state index contributed by atoms with van der Waals surface area (Å²) in [6, 6.07) is 3.81. The van der Waals surface area contributed by atoms with Crippen LogP contribution in [0.2, 0.25) is 0 Å². The van der Waals surface area contributed by atoms with Crippen molar-refractivity contribution in [2.45, 2.75) is 39.0 Å². The van der Waals surface area contributed by atoms with Gasteiger partial charge in [0.15, 0.2) is 5.69 Å². The monoisotopic (exact) mass is 480 g/mol. The zero-order valence-electron chi connectivity index (χ0n) is 17.3. The number of nitrogens with zero attached hydrogens (tertiary/aromatic N) is 2. The average Bonchev–Trinajstić information content (AvgIpc) is 3.00. The third-order valence-corrected chi connectivity index (χ3v) is 4.72. The van der Waals surface area contributed by atoms with Gasteiger partial charge in [-0.15, -0.1) is 0 Å². The number of aryl methyl sites for hydroxylation is 2. The lowest BCUT2D eigenvalue weighted by molar-refractivity contribution is -0.141. The molecule has 174 valence electrons. The second kappa shape index (κ2) is 9.40. The Morgan fingerprint density at radius 3 is 2.34 bits per heavy atom. The zero-order valence-corrected chi connectivity index (χ0v) is 18.0. The van der Waals surface area contributed by atoms with Gasteiger partial charge in [-0.1, -0.05) is 30.3 Å². The van der Waals surface area contributed by atoms with Gasteiger partial charge >= 0.3 is 18.3 Å². The van der Waals surface area contributed by atoms with E-state index in [2.05, 4.69) is 11.7 Å². The standard InChI is InChI=1S/C21H19ClF6N2O2/c1-11-5-7-16(17-9-18(21(26,27)28)29-30(17)4)19(32-13(3)31)15(11)8-6-14(12(2)22)10-20(23,24)25/h5-7,9H,2,8,10H2,1,3-4H3. The maximum absolute atomic E-state index is 13.1. The molecular formula is C21H19ClF6N2O2. The van der Waals surface area contributed by atoms with E-state index in [0.29, 0.717) is 11.1 Å². The summed E-state index contributed by atoms with van der Waals surface area (Å²) < 4.78 is 84.1. The molecule has 0 aliphatic rings. The minimum Gasteiger partial charge on any atom is -0.426 e. The molecule has 0 unspecified atom stereocenters. The molecule has 0 saturated heterocycles. The minimum absolute atomic E-state index is 0.0103. The lowest BCUT2D eigenvalue weighted by Gasteiger charge is -2.17. The van der Waals surface area contributed by atoms with Crippen molar-refractivity contribution < 1.29 is 35.9 Å². The molecule has 0 fully saturated rings. The zero-order chi connectivity index (χ0) is 24.4. The SMILES string of the molecule is C=C(Cl)C(=CCc1c(C)ccc(-c2cc(C(F)(F)F)nn2C)c1OC(C)=O)CC(F)(F)F. The normalized spacial score (nSPS) is 12.8. The topological polar surface area (TPSA) is 44.1 Å². The van der Waals surface area contributed by atoms with Crippen LogP contribution in [0.15, 0.2) is 41.5 Å². The summed E-state index contributed by atoms with van der Waals surface area (Å²) in [6.07, 6.45) is -9.47. The number of esters is 1. The van der Waals surface area contributed by atoms with Gasteiger partial charge in [0.25, 0.3) is 0 Å². The molecule has 0 bridgehead atoms. The molecular weight excluding hydrogens is 462 g/mol. The second-order valence-electron chi connectivity index (χ2n) is 7.00. The molecule has 2 aromatic rings. The predicted molar refractivity (Wildman–Crippen MR) is 107 cm³/mol. The summed E-state index contributed by atoms with van der Waals surface area (Å²) in [6.45, 7) is 6.07. The van der Waals surface area contributed by atoms with Crippen molar-refractivity contribution in [1.29, 1.82) is 0 Å². The van der Waals surface area contributed by atoms with Crippen LogP contribution >= 0.6 is 11.6 Å². The van der Waals surface area contributed by atoms with Crippen LogP contribution in [0.1, 0.15) is 30.2 Å². The quantitative estimate of drug-likeness (QED) is 0.205. The largest absolute Gasteiger partial charge is 0.435 e. The summed E-state index contributed by atoms with van der Waals surface area (Å²) in [5, 5.41) is 3.15. The molecule has 0 radical (unpaired) electrons. The van der Waals surface area contributed by atoms with Crippen LogP contribution in [0.4, 0.5) is 26.3 Å². The summed E-state index contributed by atoms with van der Waals surface area (Å²) in [7, 11) is 1.29. The van der Waals surface area contributed by atoms with Crippen LogP contribution in [0.5, 0.6) is 5.75 Å². The van der Waals surface area contributed by atoms with Crippen molar-refractivity contribution in [2.75, 3.05) is 0 Å². The first-order valence-electron chi connectivity index (χ1n) is 9.13. The molecule has 1 heterocycles. The second-order valence-corrected chi connectivity index (χ2v) is 7.45. The maximum atomic E-state index is 13.1. The minimum atomic E-state index is -4.69. The molecule has 1 aromatic carbocycles. The van der Waals surface area contributed by atoms with Gasteiger partial charge in [0.2, 0.25) is 0 Å². The molecule has 2 rings (SSSR count). The fourth-order valence-electron chi connectivity index (χ4n) is 3.02. The van der Waals surface area contributed by atoms with Crippen molar-refractivity contribution in [3.8, 4) is 17.0 Å². The summed E-state index contributed by atoms with van der Waals surface area (Å²) >= 11 is 5.71. The number of hydrogen-bond acceptors (Lipinski definition) is 3. The van der Waals surface area contributed by atoms with Gasteiger partial charge in [-0.3, -0.25) is 9.48 Å². The highest BCUT2D eigenvalue weighted by Gasteiger charge is 2.35. The third kappa shape index (κ3) is 6.38. The van der Waals surface area contributed by atoms with Crippen molar-refractivity contribution in [3.63, 3.8) is 0 Å². The number of allylic oxidation sites excluding steroid dienone is 3. The van der Waals surface area contributed by atoms with E-state index in [9.17, 15) is 31.1 Å². The summed E-state index contributed by atoms with van der Waals surface area (Å²) in [5.41, 5.74) is -0.414. The Bertz CT molecular complexity index is 1070. The Labute approximate surface area is 185 Å². The summed E-state index contributed by atoms with van der Waals surface area (Å²) in [4.78, 5) is 11.7. The number of rotatable bonds is 6. The molecule has 0 saturated carbocycles. The van der Waals surface area contributed by atoms with Gasteiger partial charge < -0.3 is 4.74 Å². The van der Waals surface area contributed by atoms with E-state index in [4.69, 9.17) is 16.3 Å². The molecule has 0 N–H and O–H groups in total. The Balaban J connectivity index is 2.65. The highest BCUT2D eigenvalue weighted by atomic mass is 35.5. The number of aromatic nitrogens is 2. The molecule has 0 amide bonds. The highest BCUT2D eigenvalue weighted by Crippen LogP contribution is 2.39. The number of hydrogen-bond donors (Lipinski definition) is 0. The number of ether oxygens (including phenoxy) is 1. The van der Waals surface area contributed by atoms with Gasteiger partial charge in [-0.2, -0.15) is 31.4 Å². The molecule has 32 heavy (non-hydrogen) atoms. The molecule has 11 heteroatoms. The molecule has 0 aliphatic carbocycles. The van der Waals surface area contributed by atoms with E-state index in [1.807, 2.05) is 0 Å². The van der Waals surface area contributed by atoms with Crippen LogP contribution < -0.4 is 4.74 Å². The van der Waals surface area contributed by atoms with Crippen LogP contribution in [-0.2, 0) is 24.4 Å². The Morgan fingerprint density at radius 2 is 1.88 bits per heavy atom. The van der Waals surface area contributed by atoms with Gasteiger partial charge in [0, 0.05) is 30.1 Å². The fraction of sp³-hybridized carbons (Fsp3) is 0.333. The lowest BCUT2D eigenvalue weighted by atomic mass is 9.97. The van der Waals surface area contributed by atoms with E-state index < -0.39 is 30.4 Å². The van der Waals surface area contributed by atoms with Crippen LogP contribution in [0.25, 0.3) is 11.3 Å². The summed E-state index contributed by atoms with van der Waals surface area (Å²) in [5.74, 6) is -0.824. The number of benzene rings is 1. The Hall–Kier alpha value is -2.75. The van der Waals surface area contributed by atoms with Crippen molar-refractivity contribution in [3.05, 3.63) is 58.3 Å². The van der Waals surface area contributed by atoms with Gasteiger partial charge in [-0.25, -0.2) is 0 Å². The molecule has 4 nitrogen and oxygen atoms in total. The third-order valence-electron chi connectivity index (χ3n) is 4.48. The number of halogens is 7. The van der Waals surface area contributed by atoms with E-state index in [0.717, 1.165) is 17.7 Å². The van der Waals surface area contributed by atoms with Gasteiger partial charge in [0.1, 0.15) is 5.75 Å². The number of carbonyl (C=O) groups is 1. The molecule has 0 atom stereocenters. The molecule has 1 aromatic heterocycles. The first kappa shape index (κ1) is 25.5. The van der Waals surface area contributed by atoms with E-state index in [1.54, 1.807) is 13.0 Å². The number of carbonyl (C=O) groups excluding carboxylic acids is 1. The van der Waals surface area contributed by atoms with Crippen LogP contribution in [0, 0.1) is 6.92 Å². The highest BCUT2D eigenvalue weighted by molar-refractivity contribution is 6.31. The first-order valence-corrected chi connectivity index (χ1v) is 9.51. The van der Waals surface area contributed by atoms with Gasteiger partial charge in [-0.05, 0) is 36.6 Å². The fourth-order valence-corrected chi connectivity index (χ4v) is 3.16. The lowest BCUT2D eigenvalue weighted by Crippen LogP contribution is -2.10. The van der Waals surface area contributed by atoms with E-state index in [-0.39, 0.29) is 34.0 Å². The van der Waals surface area contributed by atoms with E-state index >= 15 is 0 Å². The molecule has 0 aliphatic heterocycles. The average molecular weight is 481 g/mol. The predicted octanol–water partition coefficient (Wildman–Crippen LogP) is 6.51. The van der Waals surface area contributed by atoms with Crippen molar-refractivity contribution in [2.24, 2.45) is 7.05 Å². The van der Waals surface area contributed by atoms with Crippen molar-refractivity contribution in [1.82, 2.24) is 9.78 Å². The molecule has 0 spiro atoms. The smallest absolute Gasteiger partial charge is 0.426 e. The maximum Gasteiger partial charge on any atom is 0.435 e. The van der Waals surface area contributed by atoms with Crippen molar-refractivity contribution >= 4 is 17.6 Å². The van der Waals surface area contributed by atoms with Crippen LogP contribution in [-0.4, -0.2) is 21.9 Å². The van der Waals surface area contributed by atoms with Crippen LogP contribution in [0.3, 0.4) is 0 Å².